The molecule has 0 aliphatic carbocycles. The highest BCUT2D eigenvalue weighted by atomic mass is 35.5. The number of hydrogen-bond acceptors (Lipinski definition) is 7. The Morgan fingerprint density at radius 3 is 2.38 bits per heavy atom. The predicted molar refractivity (Wildman–Crippen MR) is 123 cm³/mol. The Morgan fingerprint density at radius 1 is 1.12 bits per heavy atom. The van der Waals surface area contributed by atoms with E-state index in [-0.39, 0.29) is 23.3 Å². The molecule has 1 aromatic carbocycles. The number of aryl methyl sites for hydroxylation is 1. The van der Waals surface area contributed by atoms with E-state index >= 15 is 0 Å². The zero-order valence-corrected chi connectivity index (χ0v) is 19.9. The molecule has 2 aliphatic rings. The van der Waals surface area contributed by atoms with Crippen molar-refractivity contribution in [3.05, 3.63) is 58.4 Å². The Balaban J connectivity index is 1.35. The van der Waals surface area contributed by atoms with Gasteiger partial charge in [0.2, 0.25) is 5.95 Å². The Labute approximate surface area is 201 Å². The molecule has 0 unspecified atom stereocenters. The number of aliphatic hydroxyl groups is 1. The van der Waals surface area contributed by atoms with Gasteiger partial charge < -0.3 is 14.9 Å². The number of amides is 1. The zero-order chi connectivity index (χ0) is 24.2. The second-order valence-electron chi connectivity index (χ2n) is 9.42. The van der Waals surface area contributed by atoms with Gasteiger partial charge in [-0.3, -0.25) is 4.79 Å². The van der Waals surface area contributed by atoms with E-state index in [1.54, 1.807) is 31.7 Å². The third-order valence-electron chi connectivity index (χ3n) is 6.48. The minimum Gasteiger partial charge on any atom is -0.384 e. The van der Waals surface area contributed by atoms with Crippen LogP contribution in [0.1, 0.15) is 35.6 Å². The van der Waals surface area contributed by atoms with Crippen LogP contribution in [0.2, 0.25) is 5.02 Å². The lowest BCUT2D eigenvalue weighted by Crippen LogP contribution is -2.35. The van der Waals surface area contributed by atoms with Gasteiger partial charge in [-0.25, -0.2) is 14.4 Å². The van der Waals surface area contributed by atoms with E-state index in [4.69, 9.17) is 11.6 Å². The van der Waals surface area contributed by atoms with Crippen LogP contribution >= 0.6 is 11.6 Å². The summed E-state index contributed by atoms with van der Waals surface area (Å²) in [5.74, 6) is -0.0382. The van der Waals surface area contributed by atoms with Crippen LogP contribution in [-0.2, 0) is 5.60 Å². The van der Waals surface area contributed by atoms with Crippen LogP contribution in [0.4, 0.5) is 10.3 Å². The highest BCUT2D eigenvalue weighted by Gasteiger charge is 2.43. The molecule has 178 valence electrons. The highest BCUT2D eigenvalue weighted by molar-refractivity contribution is 6.31. The summed E-state index contributed by atoms with van der Waals surface area (Å²) in [7, 11) is 0. The first-order valence-electron chi connectivity index (χ1n) is 11.1. The average Bonchev–Trinajstić information content (AvgIpc) is 3.50. The molecule has 2 fully saturated rings. The lowest BCUT2D eigenvalue weighted by molar-refractivity contribution is 0.0736. The Morgan fingerprint density at radius 2 is 1.76 bits per heavy atom. The number of fused-ring (bicyclic) bond motifs is 1. The fraction of sp³-hybridized carbons (Fsp3) is 0.435. The molecule has 9 nitrogen and oxygen atoms in total. The highest BCUT2D eigenvalue weighted by Crippen LogP contribution is 2.36. The fourth-order valence-corrected chi connectivity index (χ4v) is 5.12. The Kier molecular flexibility index (Phi) is 5.52. The van der Waals surface area contributed by atoms with Gasteiger partial charge in [-0.2, -0.15) is 15.0 Å². The monoisotopic (exact) mass is 485 g/mol. The van der Waals surface area contributed by atoms with Crippen molar-refractivity contribution in [1.82, 2.24) is 29.9 Å². The third-order valence-corrected chi connectivity index (χ3v) is 6.93. The van der Waals surface area contributed by atoms with Gasteiger partial charge in [0, 0.05) is 38.0 Å². The van der Waals surface area contributed by atoms with E-state index < -0.39 is 11.4 Å². The summed E-state index contributed by atoms with van der Waals surface area (Å²) in [4.78, 5) is 27.5. The van der Waals surface area contributed by atoms with Crippen LogP contribution in [0.5, 0.6) is 0 Å². The number of anilines is 1. The third kappa shape index (κ3) is 3.90. The van der Waals surface area contributed by atoms with Gasteiger partial charge in [0.05, 0.1) is 28.8 Å². The van der Waals surface area contributed by atoms with Gasteiger partial charge in [-0.1, -0.05) is 17.7 Å². The molecule has 1 amide bonds. The zero-order valence-electron chi connectivity index (χ0n) is 19.1. The normalized spacial score (nSPS) is 20.2. The van der Waals surface area contributed by atoms with Crippen molar-refractivity contribution in [2.24, 2.45) is 11.8 Å². The van der Waals surface area contributed by atoms with Crippen LogP contribution in [0.15, 0.2) is 30.6 Å². The summed E-state index contributed by atoms with van der Waals surface area (Å²) in [6, 6.07) is 4.45. The van der Waals surface area contributed by atoms with E-state index in [1.165, 1.54) is 29.3 Å². The van der Waals surface area contributed by atoms with E-state index in [1.807, 2.05) is 0 Å². The molecular formula is C23H25ClFN7O2. The molecule has 0 radical (unpaired) electrons. The van der Waals surface area contributed by atoms with Gasteiger partial charge in [0.1, 0.15) is 22.7 Å². The van der Waals surface area contributed by atoms with Crippen LogP contribution in [0, 0.1) is 24.6 Å². The largest absolute Gasteiger partial charge is 0.384 e. The van der Waals surface area contributed by atoms with Crippen molar-refractivity contribution in [1.29, 1.82) is 0 Å². The molecule has 0 saturated carbocycles. The maximum Gasteiger partial charge on any atom is 0.259 e. The molecule has 2 saturated heterocycles. The van der Waals surface area contributed by atoms with Gasteiger partial charge in [0.25, 0.3) is 5.91 Å². The van der Waals surface area contributed by atoms with Gasteiger partial charge in [0.15, 0.2) is 0 Å². The second-order valence-corrected chi connectivity index (χ2v) is 9.80. The molecule has 11 heteroatoms. The van der Waals surface area contributed by atoms with Crippen molar-refractivity contribution < 1.29 is 14.3 Å². The predicted octanol–water partition coefficient (Wildman–Crippen LogP) is 2.59. The number of likely N-dealkylation sites (tertiary alicyclic amines) is 1. The van der Waals surface area contributed by atoms with E-state index in [0.717, 1.165) is 0 Å². The molecule has 34 heavy (non-hydrogen) atoms. The summed E-state index contributed by atoms with van der Waals surface area (Å²) < 4.78 is 14.8. The van der Waals surface area contributed by atoms with Crippen molar-refractivity contribution in [3.8, 4) is 5.69 Å². The van der Waals surface area contributed by atoms with Gasteiger partial charge in [-0.05, 0) is 32.9 Å². The fourth-order valence-electron chi connectivity index (χ4n) is 4.80. The van der Waals surface area contributed by atoms with Crippen LogP contribution in [-0.4, -0.2) is 67.1 Å². The molecular weight excluding hydrogens is 461 g/mol. The number of aromatic nitrogens is 5. The summed E-state index contributed by atoms with van der Waals surface area (Å²) in [6.45, 7) is 7.40. The Hall–Kier alpha value is -3.11. The summed E-state index contributed by atoms with van der Waals surface area (Å²) in [5.41, 5.74) is 0.0980. The smallest absolute Gasteiger partial charge is 0.259 e. The molecule has 5 rings (SSSR count). The summed E-state index contributed by atoms with van der Waals surface area (Å²) >= 11 is 6.34. The maximum atomic E-state index is 14.8. The first-order chi connectivity index (χ1) is 16.1. The van der Waals surface area contributed by atoms with Crippen molar-refractivity contribution >= 4 is 23.5 Å². The minimum atomic E-state index is -1.20. The number of carbonyl (C=O) groups excluding carboxylic acids is 1. The quantitative estimate of drug-likeness (QED) is 0.606. The number of carbonyl (C=O) groups is 1. The summed E-state index contributed by atoms with van der Waals surface area (Å²) in [6.07, 6.45) is 2.97. The molecule has 2 atom stereocenters. The number of halogens is 2. The average molecular weight is 486 g/mol. The molecule has 2 aromatic heterocycles. The lowest BCUT2D eigenvalue weighted by Gasteiger charge is -2.25. The van der Waals surface area contributed by atoms with E-state index in [0.29, 0.717) is 54.2 Å². The number of nitrogens with zero attached hydrogens (tertiary/aromatic N) is 7. The first kappa shape index (κ1) is 22.7. The number of benzene rings is 1. The van der Waals surface area contributed by atoms with Crippen LogP contribution in [0.3, 0.4) is 0 Å². The molecule has 3 aromatic rings. The maximum absolute atomic E-state index is 14.8. The van der Waals surface area contributed by atoms with E-state index in [9.17, 15) is 14.3 Å². The molecule has 0 spiro atoms. The topological polar surface area (TPSA) is 100 Å². The SMILES string of the molecule is Cc1nc(N2C[C@H]3CN(C(=O)c4c(F)cccc4-n4nccn4)C[C@H]3C2)nc(C(C)(C)O)c1Cl. The van der Waals surface area contributed by atoms with E-state index in [2.05, 4.69) is 25.1 Å². The molecule has 4 heterocycles. The van der Waals surface area contributed by atoms with Crippen molar-refractivity contribution in [2.75, 3.05) is 31.1 Å². The number of rotatable bonds is 4. The molecule has 0 bridgehead atoms. The summed E-state index contributed by atoms with van der Waals surface area (Å²) in [5, 5.41) is 18.9. The van der Waals surface area contributed by atoms with Gasteiger partial charge >= 0.3 is 0 Å². The Bertz CT molecular complexity index is 1230. The van der Waals surface area contributed by atoms with Crippen molar-refractivity contribution in [2.45, 2.75) is 26.4 Å². The van der Waals surface area contributed by atoms with Gasteiger partial charge in [-0.15, -0.1) is 0 Å². The standard InChI is InChI=1S/C23H25ClFN7O2/c1-13-19(24)20(23(2,3)34)29-22(28-13)31-11-14-9-30(10-15(14)12-31)21(33)18-16(25)5-4-6-17(18)32-26-7-8-27-32/h4-8,14-15,34H,9-12H2,1-3H3/t14-,15+. The van der Waals surface area contributed by atoms with Crippen molar-refractivity contribution in [3.63, 3.8) is 0 Å². The number of hydrogen-bond donors (Lipinski definition) is 1. The second kappa shape index (κ2) is 8.28. The molecule has 2 aliphatic heterocycles. The minimum absolute atomic E-state index is 0.0259. The van der Waals surface area contributed by atoms with Crippen LogP contribution < -0.4 is 4.90 Å². The molecule has 1 N–H and O–H groups in total. The first-order valence-corrected chi connectivity index (χ1v) is 11.5. The lowest BCUT2D eigenvalue weighted by atomic mass is 10.0. The van der Waals surface area contributed by atoms with Crippen LogP contribution in [0.25, 0.3) is 5.69 Å².